The second-order valence-corrected chi connectivity index (χ2v) is 3.76. The number of aryl methyl sites for hydroxylation is 1. The Morgan fingerprint density at radius 1 is 1.13 bits per heavy atom. The number of imidazole rings is 1. The number of anilines is 1. The Balaban J connectivity index is 2.57. The maximum atomic E-state index is 4.38. The minimum Gasteiger partial charge on any atom is -0.348 e. The van der Waals surface area contributed by atoms with Gasteiger partial charge in [-0.15, -0.1) is 0 Å². The predicted molar refractivity (Wildman–Crippen MR) is 62.6 cm³/mol. The summed E-state index contributed by atoms with van der Waals surface area (Å²) in [4.78, 5) is 6.39. The SMILES string of the molecule is Cc1cnc(N(C)C)n1-c1ccccc1. The van der Waals surface area contributed by atoms with Crippen molar-refractivity contribution >= 4 is 5.95 Å². The van der Waals surface area contributed by atoms with Crippen molar-refractivity contribution < 1.29 is 0 Å². The molecule has 0 bridgehead atoms. The lowest BCUT2D eigenvalue weighted by molar-refractivity contribution is 0.932. The molecule has 1 heterocycles. The molecule has 0 aliphatic carbocycles. The zero-order chi connectivity index (χ0) is 10.8. The van der Waals surface area contributed by atoms with Crippen LogP contribution in [0.4, 0.5) is 5.95 Å². The van der Waals surface area contributed by atoms with Gasteiger partial charge in [0.1, 0.15) is 0 Å². The Hall–Kier alpha value is -1.77. The summed E-state index contributed by atoms with van der Waals surface area (Å²) in [7, 11) is 4.00. The Morgan fingerprint density at radius 2 is 1.80 bits per heavy atom. The molecular weight excluding hydrogens is 186 g/mol. The molecule has 0 saturated carbocycles. The highest BCUT2D eigenvalue weighted by molar-refractivity contribution is 5.44. The summed E-state index contributed by atoms with van der Waals surface area (Å²) in [5.41, 5.74) is 2.29. The van der Waals surface area contributed by atoms with Crippen molar-refractivity contribution in [3.63, 3.8) is 0 Å². The molecule has 3 heteroatoms. The molecule has 0 N–H and O–H groups in total. The van der Waals surface area contributed by atoms with Gasteiger partial charge in [0.2, 0.25) is 5.95 Å². The number of nitrogens with zero attached hydrogens (tertiary/aromatic N) is 3. The number of hydrogen-bond donors (Lipinski definition) is 0. The summed E-state index contributed by atoms with van der Waals surface area (Å²) in [5.74, 6) is 0.957. The van der Waals surface area contributed by atoms with E-state index in [0.29, 0.717) is 0 Å². The molecule has 0 amide bonds. The molecule has 78 valence electrons. The van der Waals surface area contributed by atoms with E-state index in [2.05, 4.69) is 28.6 Å². The first kappa shape index (κ1) is 9.77. The summed E-state index contributed by atoms with van der Waals surface area (Å²) in [6.07, 6.45) is 1.89. The molecule has 0 saturated heterocycles. The summed E-state index contributed by atoms with van der Waals surface area (Å²) < 4.78 is 2.14. The first-order valence-corrected chi connectivity index (χ1v) is 4.97. The van der Waals surface area contributed by atoms with E-state index < -0.39 is 0 Å². The lowest BCUT2D eigenvalue weighted by atomic mass is 10.3. The van der Waals surface area contributed by atoms with Crippen molar-refractivity contribution in [2.75, 3.05) is 19.0 Å². The third-order valence-electron chi connectivity index (χ3n) is 2.33. The lowest BCUT2D eigenvalue weighted by Crippen LogP contribution is -2.15. The largest absolute Gasteiger partial charge is 0.348 e. The predicted octanol–water partition coefficient (Wildman–Crippen LogP) is 2.25. The van der Waals surface area contributed by atoms with Gasteiger partial charge in [0.05, 0.1) is 6.20 Å². The highest BCUT2D eigenvalue weighted by atomic mass is 15.3. The van der Waals surface area contributed by atoms with Gasteiger partial charge in [-0.3, -0.25) is 4.57 Å². The Kier molecular flexibility index (Phi) is 2.46. The smallest absolute Gasteiger partial charge is 0.209 e. The minimum absolute atomic E-state index is 0.957. The number of hydrogen-bond acceptors (Lipinski definition) is 2. The average molecular weight is 201 g/mol. The number of para-hydroxylation sites is 1. The van der Waals surface area contributed by atoms with Crippen LogP contribution in [0, 0.1) is 6.92 Å². The fourth-order valence-corrected chi connectivity index (χ4v) is 1.64. The fourth-order valence-electron chi connectivity index (χ4n) is 1.64. The molecule has 0 unspecified atom stereocenters. The van der Waals surface area contributed by atoms with E-state index in [-0.39, 0.29) is 0 Å². The summed E-state index contributed by atoms with van der Waals surface area (Å²) in [5, 5.41) is 0. The first-order valence-electron chi connectivity index (χ1n) is 4.97. The van der Waals surface area contributed by atoms with E-state index in [1.165, 1.54) is 0 Å². The van der Waals surface area contributed by atoms with Crippen molar-refractivity contribution in [3.8, 4) is 5.69 Å². The second kappa shape index (κ2) is 3.77. The zero-order valence-electron chi connectivity index (χ0n) is 9.31. The Bertz CT molecular complexity index is 443. The van der Waals surface area contributed by atoms with Gasteiger partial charge in [-0.2, -0.15) is 0 Å². The third-order valence-corrected chi connectivity index (χ3v) is 2.33. The number of rotatable bonds is 2. The van der Waals surface area contributed by atoms with Crippen LogP contribution < -0.4 is 4.90 Å². The van der Waals surface area contributed by atoms with Gasteiger partial charge in [-0.05, 0) is 19.1 Å². The van der Waals surface area contributed by atoms with Crippen LogP contribution >= 0.6 is 0 Å². The van der Waals surface area contributed by atoms with Crippen LogP contribution in [0.25, 0.3) is 5.69 Å². The van der Waals surface area contributed by atoms with Crippen LogP contribution in [0.3, 0.4) is 0 Å². The second-order valence-electron chi connectivity index (χ2n) is 3.76. The Labute approximate surface area is 90.0 Å². The Morgan fingerprint density at radius 3 is 2.40 bits per heavy atom. The molecule has 2 aromatic rings. The topological polar surface area (TPSA) is 21.1 Å². The summed E-state index contributed by atoms with van der Waals surface area (Å²) in [6, 6.07) is 10.3. The van der Waals surface area contributed by atoms with E-state index in [1.54, 1.807) is 0 Å². The van der Waals surface area contributed by atoms with Crippen LogP contribution in [0.2, 0.25) is 0 Å². The molecule has 0 radical (unpaired) electrons. The van der Waals surface area contributed by atoms with Gasteiger partial charge in [0, 0.05) is 25.5 Å². The van der Waals surface area contributed by atoms with Crippen LogP contribution in [0.15, 0.2) is 36.5 Å². The molecular formula is C12H15N3. The molecule has 3 nitrogen and oxygen atoms in total. The lowest BCUT2D eigenvalue weighted by Gasteiger charge is -2.15. The molecule has 0 aliphatic rings. The maximum Gasteiger partial charge on any atom is 0.209 e. The quantitative estimate of drug-likeness (QED) is 0.743. The number of benzene rings is 1. The standard InChI is InChI=1S/C12H15N3/c1-10-9-13-12(14(2)3)15(10)11-7-5-4-6-8-11/h4-9H,1-3H3. The van der Waals surface area contributed by atoms with Crippen molar-refractivity contribution in [1.82, 2.24) is 9.55 Å². The molecule has 1 aromatic carbocycles. The number of aromatic nitrogens is 2. The normalized spacial score (nSPS) is 10.3. The highest BCUT2D eigenvalue weighted by Gasteiger charge is 2.09. The highest BCUT2D eigenvalue weighted by Crippen LogP contribution is 2.19. The van der Waals surface area contributed by atoms with E-state index in [9.17, 15) is 0 Å². The zero-order valence-corrected chi connectivity index (χ0v) is 9.31. The van der Waals surface area contributed by atoms with Crippen LogP contribution in [-0.2, 0) is 0 Å². The summed E-state index contributed by atoms with van der Waals surface area (Å²) >= 11 is 0. The van der Waals surface area contributed by atoms with Gasteiger partial charge in [0.25, 0.3) is 0 Å². The van der Waals surface area contributed by atoms with E-state index >= 15 is 0 Å². The van der Waals surface area contributed by atoms with Crippen LogP contribution in [0.5, 0.6) is 0 Å². The van der Waals surface area contributed by atoms with Crippen LogP contribution in [-0.4, -0.2) is 23.6 Å². The van der Waals surface area contributed by atoms with Gasteiger partial charge >= 0.3 is 0 Å². The monoisotopic (exact) mass is 201 g/mol. The van der Waals surface area contributed by atoms with Gasteiger partial charge in [0.15, 0.2) is 0 Å². The first-order chi connectivity index (χ1) is 7.20. The molecule has 1 aromatic heterocycles. The molecule has 0 aliphatic heterocycles. The molecule has 2 rings (SSSR count). The van der Waals surface area contributed by atoms with Gasteiger partial charge in [-0.25, -0.2) is 4.98 Å². The van der Waals surface area contributed by atoms with E-state index in [1.807, 2.05) is 43.4 Å². The van der Waals surface area contributed by atoms with E-state index in [4.69, 9.17) is 0 Å². The fraction of sp³-hybridized carbons (Fsp3) is 0.250. The minimum atomic E-state index is 0.957. The van der Waals surface area contributed by atoms with Crippen molar-refractivity contribution in [3.05, 3.63) is 42.2 Å². The molecule has 0 spiro atoms. The van der Waals surface area contributed by atoms with Crippen molar-refractivity contribution in [1.29, 1.82) is 0 Å². The van der Waals surface area contributed by atoms with Gasteiger partial charge < -0.3 is 4.90 Å². The maximum absolute atomic E-state index is 4.38. The molecule has 0 atom stereocenters. The van der Waals surface area contributed by atoms with Gasteiger partial charge in [-0.1, -0.05) is 18.2 Å². The molecule has 0 fully saturated rings. The van der Waals surface area contributed by atoms with Crippen molar-refractivity contribution in [2.24, 2.45) is 0 Å². The molecule has 15 heavy (non-hydrogen) atoms. The summed E-state index contributed by atoms with van der Waals surface area (Å²) in [6.45, 7) is 2.06. The average Bonchev–Trinajstić information content (AvgIpc) is 2.61. The van der Waals surface area contributed by atoms with Crippen molar-refractivity contribution in [2.45, 2.75) is 6.92 Å². The van der Waals surface area contributed by atoms with Crippen LogP contribution in [0.1, 0.15) is 5.69 Å². The van der Waals surface area contributed by atoms with E-state index in [0.717, 1.165) is 17.3 Å². The third kappa shape index (κ3) is 1.73.